The number of amides is 1. The molecule has 0 radical (unpaired) electrons. The molecule has 1 saturated heterocycles. The van der Waals surface area contributed by atoms with E-state index in [0.717, 1.165) is 18.6 Å². The quantitative estimate of drug-likeness (QED) is 0.739. The lowest BCUT2D eigenvalue weighted by atomic mass is 10.1. The molecule has 0 bridgehead atoms. The summed E-state index contributed by atoms with van der Waals surface area (Å²) < 4.78 is 0. The van der Waals surface area contributed by atoms with Crippen LogP contribution in [0.4, 0.5) is 0 Å². The van der Waals surface area contributed by atoms with E-state index in [4.69, 9.17) is 5.11 Å². The first-order valence-electron chi connectivity index (χ1n) is 6.19. The highest BCUT2D eigenvalue weighted by molar-refractivity contribution is 8.00. The molecule has 17 heavy (non-hydrogen) atoms. The average molecular weight is 259 g/mol. The predicted molar refractivity (Wildman–Crippen MR) is 69.2 cm³/mol. The summed E-state index contributed by atoms with van der Waals surface area (Å²) in [5, 5.41) is 8.83. The van der Waals surface area contributed by atoms with Gasteiger partial charge in [-0.2, -0.15) is 0 Å². The molecule has 1 rings (SSSR count). The molecule has 2 atom stereocenters. The number of rotatable bonds is 6. The van der Waals surface area contributed by atoms with Crippen molar-refractivity contribution in [3.63, 3.8) is 0 Å². The smallest absolute Gasteiger partial charge is 0.308 e. The fourth-order valence-electron chi connectivity index (χ4n) is 1.89. The lowest BCUT2D eigenvalue weighted by molar-refractivity contribution is -0.141. The van der Waals surface area contributed by atoms with E-state index >= 15 is 0 Å². The first-order valence-corrected chi connectivity index (χ1v) is 7.24. The molecule has 0 aromatic carbocycles. The van der Waals surface area contributed by atoms with Crippen molar-refractivity contribution >= 4 is 23.6 Å². The van der Waals surface area contributed by atoms with Gasteiger partial charge in [-0.25, -0.2) is 0 Å². The summed E-state index contributed by atoms with van der Waals surface area (Å²) >= 11 is 1.67. The molecule has 4 nitrogen and oxygen atoms in total. The molecular formula is C12H21NO3S. The van der Waals surface area contributed by atoms with Crippen LogP contribution in [0.1, 0.15) is 33.1 Å². The van der Waals surface area contributed by atoms with Gasteiger partial charge in [0.2, 0.25) is 5.91 Å². The molecule has 5 heteroatoms. The van der Waals surface area contributed by atoms with Gasteiger partial charge in [-0.3, -0.25) is 9.59 Å². The van der Waals surface area contributed by atoms with Crippen LogP contribution >= 0.6 is 11.8 Å². The topological polar surface area (TPSA) is 57.6 Å². The zero-order valence-electron chi connectivity index (χ0n) is 10.5. The fraction of sp³-hybridized carbons (Fsp3) is 0.833. The fourth-order valence-corrected chi connectivity index (χ4v) is 3.00. The highest BCUT2D eigenvalue weighted by Crippen LogP contribution is 2.21. The van der Waals surface area contributed by atoms with Crippen molar-refractivity contribution in [1.29, 1.82) is 0 Å². The van der Waals surface area contributed by atoms with Gasteiger partial charge in [0.1, 0.15) is 0 Å². The Kier molecular flexibility index (Phi) is 5.82. The number of nitrogens with zero attached hydrogens (tertiary/aromatic N) is 1. The first-order chi connectivity index (χ1) is 8.06. The second-order valence-electron chi connectivity index (χ2n) is 4.47. The molecule has 0 aromatic rings. The number of aliphatic carboxylic acids is 1. The normalized spacial score (nSPS) is 21.5. The van der Waals surface area contributed by atoms with Crippen molar-refractivity contribution in [3.8, 4) is 0 Å². The average Bonchev–Trinajstić information content (AvgIpc) is 2.77. The van der Waals surface area contributed by atoms with Gasteiger partial charge in [0.25, 0.3) is 0 Å². The largest absolute Gasteiger partial charge is 0.481 e. The number of carboxylic acids is 1. The van der Waals surface area contributed by atoms with Crippen LogP contribution in [-0.2, 0) is 9.59 Å². The van der Waals surface area contributed by atoms with Gasteiger partial charge in [-0.15, -0.1) is 11.8 Å². The zero-order valence-corrected chi connectivity index (χ0v) is 11.3. The van der Waals surface area contributed by atoms with Crippen LogP contribution in [0.3, 0.4) is 0 Å². The number of unbranched alkanes of at least 4 members (excludes halogenated alkanes) is 1. The number of carboxylic acid groups (broad SMARTS) is 1. The van der Waals surface area contributed by atoms with Crippen molar-refractivity contribution in [2.75, 3.05) is 18.8 Å². The molecule has 0 saturated carbocycles. The van der Waals surface area contributed by atoms with Crippen LogP contribution < -0.4 is 0 Å². The van der Waals surface area contributed by atoms with Crippen molar-refractivity contribution < 1.29 is 14.7 Å². The minimum absolute atomic E-state index is 0.0471. The number of thioether (sulfide) groups is 1. The summed E-state index contributed by atoms with van der Waals surface area (Å²) in [6.07, 6.45) is 2.85. The van der Waals surface area contributed by atoms with E-state index in [0.29, 0.717) is 19.5 Å². The number of likely N-dealkylation sites (tertiary alicyclic amines) is 1. The number of hydrogen-bond acceptors (Lipinski definition) is 3. The molecule has 1 amide bonds. The van der Waals surface area contributed by atoms with E-state index in [-0.39, 0.29) is 17.1 Å². The molecular weight excluding hydrogens is 238 g/mol. The van der Waals surface area contributed by atoms with Crippen LogP contribution in [-0.4, -0.2) is 46.0 Å². The Balaban J connectivity index is 2.35. The van der Waals surface area contributed by atoms with Crippen molar-refractivity contribution in [2.45, 2.75) is 38.4 Å². The molecule has 1 aliphatic heterocycles. The van der Waals surface area contributed by atoms with Gasteiger partial charge in [0.05, 0.1) is 11.2 Å². The highest BCUT2D eigenvalue weighted by atomic mass is 32.2. The standard InChI is InChI=1S/C12H21NO3S/c1-3-4-7-17-9(2)11(14)13-6-5-10(8-13)12(15)16/h9-10H,3-8H2,1-2H3,(H,15,16). The Morgan fingerprint density at radius 3 is 2.76 bits per heavy atom. The van der Waals surface area contributed by atoms with E-state index in [1.165, 1.54) is 0 Å². The third-order valence-corrected chi connectivity index (χ3v) is 4.29. The summed E-state index contributed by atoms with van der Waals surface area (Å²) in [5.41, 5.74) is 0. The molecule has 0 spiro atoms. The van der Waals surface area contributed by atoms with E-state index in [2.05, 4.69) is 6.92 Å². The van der Waals surface area contributed by atoms with Crippen LogP contribution in [0, 0.1) is 5.92 Å². The van der Waals surface area contributed by atoms with Crippen LogP contribution in [0.15, 0.2) is 0 Å². The molecule has 1 aliphatic rings. The molecule has 2 unspecified atom stereocenters. The molecule has 0 aromatic heterocycles. The second kappa shape index (κ2) is 6.89. The molecule has 1 heterocycles. The van der Waals surface area contributed by atoms with Crippen LogP contribution in [0.2, 0.25) is 0 Å². The summed E-state index contributed by atoms with van der Waals surface area (Å²) in [7, 11) is 0. The third-order valence-electron chi connectivity index (χ3n) is 3.06. The number of carbonyl (C=O) groups excluding carboxylic acids is 1. The van der Waals surface area contributed by atoms with Crippen molar-refractivity contribution in [3.05, 3.63) is 0 Å². The summed E-state index contributed by atoms with van der Waals surface area (Å²) in [5.74, 6) is -0.0622. The summed E-state index contributed by atoms with van der Waals surface area (Å²) in [4.78, 5) is 24.5. The summed E-state index contributed by atoms with van der Waals surface area (Å²) in [6, 6.07) is 0. The molecule has 98 valence electrons. The van der Waals surface area contributed by atoms with Gasteiger partial charge < -0.3 is 10.0 Å². The van der Waals surface area contributed by atoms with E-state index in [1.54, 1.807) is 16.7 Å². The van der Waals surface area contributed by atoms with Gasteiger partial charge in [-0.1, -0.05) is 13.3 Å². The van der Waals surface area contributed by atoms with Gasteiger partial charge in [-0.05, 0) is 25.5 Å². The monoisotopic (exact) mass is 259 g/mol. The molecule has 1 N–H and O–H groups in total. The Morgan fingerprint density at radius 1 is 1.53 bits per heavy atom. The minimum Gasteiger partial charge on any atom is -0.481 e. The lowest BCUT2D eigenvalue weighted by Gasteiger charge is -2.20. The Morgan fingerprint density at radius 2 is 2.24 bits per heavy atom. The van der Waals surface area contributed by atoms with E-state index in [1.807, 2.05) is 6.92 Å². The number of hydrogen-bond donors (Lipinski definition) is 1. The second-order valence-corrected chi connectivity index (χ2v) is 5.92. The highest BCUT2D eigenvalue weighted by Gasteiger charge is 2.32. The minimum atomic E-state index is -0.786. The van der Waals surface area contributed by atoms with Crippen LogP contribution in [0.5, 0.6) is 0 Å². The molecule has 0 aliphatic carbocycles. The van der Waals surface area contributed by atoms with Crippen LogP contribution in [0.25, 0.3) is 0 Å². The third kappa shape index (κ3) is 4.22. The maximum atomic E-state index is 12.0. The Labute approximate surface area is 107 Å². The van der Waals surface area contributed by atoms with E-state index in [9.17, 15) is 9.59 Å². The Hall–Kier alpha value is -0.710. The van der Waals surface area contributed by atoms with E-state index < -0.39 is 5.97 Å². The Bertz CT molecular complexity index is 283. The summed E-state index contributed by atoms with van der Waals surface area (Å²) in [6.45, 7) is 5.02. The van der Waals surface area contributed by atoms with Gasteiger partial charge in [0, 0.05) is 13.1 Å². The first kappa shape index (κ1) is 14.4. The zero-order chi connectivity index (χ0) is 12.8. The van der Waals surface area contributed by atoms with Crippen molar-refractivity contribution in [2.24, 2.45) is 5.92 Å². The van der Waals surface area contributed by atoms with Gasteiger partial charge in [0.15, 0.2) is 0 Å². The maximum absolute atomic E-state index is 12.0. The SMILES string of the molecule is CCCCSC(C)C(=O)N1CCC(C(=O)O)C1. The van der Waals surface area contributed by atoms with Gasteiger partial charge >= 0.3 is 5.97 Å². The van der Waals surface area contributed by atoms with Crippen molar-refractivity contribution in [1.82, 2.24) is 4.90 Å². The molecule has 1 fully saturated rings. The predicted octanol–water partition coefficient (Wildman–Crippen LogP) is 1.84. The maximum Gasteiger partial charge on any atom is 0.308 e. The lowest BCUT2D eigenvalue weighted by Crippen LogP contribution is -2.35. The number of carbonyl (C=O) groups is 2.